The molecule has 1 atom stereocenters. The Balaban J connectivity index is 1.82. The second-order valence-corrected chi connectivity index (χ2v) is 5.62. The van der Waals surface area contributed by atoms with Crippen molar-refractivity contribution < 1.29 is 0 Å². The molecule has 0 radical (unpaired) electrons. The largest absolute Gasteiger partial charge is 0.296 e. The summed E-state index contributed by atoms with van der Waals surface area (Å²) in [5, 5.41) is 0. The van der Waals surface area contributed by atoms with Crippen LogP contribution in [0.5, 0.6) is 0 Å². The van der Waals surface area contributed by atoms with Crippen LogP contribution in [0.15, 0.2) is 11.6 Å². The molecule has 1 heterocycles. The third kappa shape index (κ3) is 3.35. The number of allylic oxidation sites excluding steroid dienone is 1. The summed E-state index contributed by atoms with van der Waals surface area (Å²) in [5.74, 6) is 0. The molecule has 1 aliphatic carbocycles. The molecule has 1 heteroatoms. The maximum Gasteiger partial charge on any atom is 0.0320 e. The Morgan fingerprint density at radius 2 is 1.56 bits per heavy atom. The van der Waals surface area contributed by atoms with Crippen molar-refractivity contribution >= 4 is 0 Å². The van der Waals surface area contributed by atoms with E-state index in [-0.39, 0.29) is 0 Å². The third-order valence-electron chi connectivity index (χ3n) is 4.23. The van der Waals surface area contributed by atoms with E-state index in [0.29, 0.717) is 0 Å². The summed E-state index contributed by atoms with van der Waals surface area (Å²) >= 11 is 0. The molecule has 2 rings (SSSR count). The van der Waals surface area contributed by atoms with Crippen LogP contribution in [0.3, 0.4) is 0 Å². The fourth-order valence-corrected chi connectivity index (χ4v) is 3.11. The van der Waals surface area contributed by atoms with Gasteiger partial charge in [-0.1, -0.05) is 51.0 Å². The van der Waals surface area contributed by atoms with Gasteiger partial charge in [0.2, 0.25) is 0 Å². The summed E-state index contributed by atoms with van der Waals surface area (Å²) in [6.07, 6.45) is 16.9. The fourth-order valence-electron chi connectivity index (χ4n) is 3.11. The molecule has 0 saturated carbocycles. The summed E-state index contributed by atoms with van der Waals surface area (Å²) in [5.41, 5.74) is 1.74. The summed E-state index contributed by atoms with van der Waals surface area (Å²) in [6.45, 7) is 1.24. The van der Waals surface area contributed by atoms with Gasteiger partial charge in [0.1, 0.15) is 0 Å². The number of fused-ring (bicyclic) bond motifs is 1. The minimum absolute atomic E-state index is 0.806. The summed E-state index contributed by atoms with van der Waals surface area (Å²) in [6, 6.07) is 0.806. The number of hydrogen-bond donors (Lipinski definition) is 0. The molecule has 2 aliphatic rings. The zero-order valence-electron chi connectivity index (χ0n) is 10.9. The maximum atomic E-state index is 2.54. The van der Waals surface area contributed by atoms with Crippen LogP contribution in [0.25, 0.3) is 0 Å². The van der Waals surface area contributed by atoms with Gasteiger partial charge in [-0.25, -0.2) is 0 Å². The first-order valence-electron chi connectivity index (χ1n) is 7.27. The van der Waals surface area contributed by atoms with Crippen LogP contribution in [0, 0.1) is 0 Å². The second-order valence-electron chi connectivity index (χ2n) is 5.62. The van der Waals surface area contributed by atoms with Crippen molar-refractivity contribution in [2.45, 2.75) is 70.3 Å². The van der Waals surface area contributed by atoms with E-state index in [0.717, 1.165) is 6.04 Å². The Hall–Kier alpha value is -0.300. The topological polar surface area (TPSA) is 3.24 Å². The minimum Gasteiger partial charge on any atom is -0.296 e. The highest BCUT2D eigenvalue weighted by Crippen LogP contribution is 2.28. The maximum absolute atomic E-state index is 2.54. The summed E-state index contributed by atoms with van der Waals surface area (Å²) < 4.78 is 0. The predicted octanol–water partition coefficient (Wildman–Crippen LogP) is 4.14. The SMILES string of the molecule is CN1CC2=CCCCCCCCCCCC21. The third-order valence-corrected chi connectivity index (χ3v) is 4.23. The van der Waals surface area contributed by atoms with Gasteiger partial charge in [0, 0.05) is 12.6 Å². The van der Waals surface area contributed by atoms with Crippen LogP contribution in [0.2, 0.25) is 0 Å². The van der Waals surface area contributed by atoms with Gasteiger partial charge in [-0.3, -0.25) is 4.90 Å². The number of likely N-dealkylation sites (tertiary alicyclic amines) is 1. The van der Waals surface area contributed by atoms with Crippen LogP contribution in [0.1, 0.15) is 64.2 Å². The lowest BCUT2D eigenvalue weighted by Crippen LogP contribution is -2.47. The number of rotatable bonds is 0. The van der Waals surface area contributed by atoms with E-state index in [4.69, 9.17) is 0 Å². The fraction of sp³-hybridized carbons (Fsp3) is 0.867. The van der Waals surface area contributed by atoms with Crippen molar-refractivity contribution in [2.24, 2.45) is 0 Å². The lowest BCUT2D eigenvalue weighted by atomic mass is 9.90. The van der Waals surface area contributed by atoms with E-state index >= 15 is 0 Å². The van der Waals surface area contributed by atoms with E-state index in [1.54, 1.807) is 5.57 Å². The van der Waals surface area contributed by atoms with Crippen LogP contribution < -0.4 is 0 Å². The van der Waals surface area contributed by atoms with Gasteiger partial charge in [-0.2, -0.15) is 0 Å². The van der Waals surface area contributed by atoms with Crippen LogP contribution >= 0.6 is 0 Å². The van der Waals surface area contributed by atoms with Crippen molar-refractivity contribution in [3.8, 4) is 0 Å². The first-order chi connectivity index (χ1) is 7.88. The molecule has 16 heavy (non-hydrogen) atoms. The molecule has 0 amide bonds. The van der Waals surface area contributed by atoms with Crippen molar-refractivity contribution in [1.29, 1.82) is 0 Å². The smallest absolute Gasteiger partial charge is 0.0320 e. The molecule has 1 aliphatic heterocycles. The van der Waals surface area contributed by atoms with Crippen LogP contribution in [-0.2, 0) is 0 Å². The van der Waals surface area contributed by atoms with Gasteiger partial charge in [0.05, 0.1) is 0 Å². The lowest BCUT2D eigenvalue weighted by Gasteiger charge is -2.41. The second kappa shape index (κ2) is 6.44. The highest BCUT2D eigenvalue weighted by molar-refractivity contribution is 5.21. The van der Waals surface area contributed by atoms with Gasteiger partial charge >= 0.3 is 0 Å². The highest BCUT2D eigenvalue weighted by atomic mass is 15.2. The van der Waals surface area contributed by atoms with Crippen molar-refractivity contribution in [3.05, 3.63) is 11.6 Å². The quantitative estimate of drug-likeness (QED) is 0.556. The molecular weight excluding hydrogens is 194 g/mol. The summed E-state index contributed by atoms with van der Waals surface area (Å²) in [7, 11) is 2.28. The molecule has 1 nitrogen and oxygen atoms in total. The Labute approximate surface area is 101 Å². The molecule has 0 N–H and O–H groups in total. The van der Waals surface area contributed by atoms with E-state index < -0.39 is 0 Å². The molecule has 92 valence electrons. The molecule has 0 aromatic carbocycles. The molecule has 1 saturated heterocycles. The van der Waals surface area contributed by atoms with Crippen LogP contribution in [0.4, 0.5) is 0 Å². The van der Waals surface area contributed by atoms with Crippen LogP contribution in [-0.4, -0.2) is 24.5 Å². The molecular formula is C15H27N. The lowest BCUT2D eigenvalue weighted by molar-refractivity contribution is 0.191. The Kier molecular flexibility index (Phi) is 4.90. The average molecular weight is 221 g/mol. The van der Waals surface area contributed by atoms with Gasteiger partial charge in [0.25, 0.3) is 0 Å². The average Bonchev–Trinajstić information content (AvgIpc) is 2.29. The van der Waals surface area contributed by atoms with E-state index in [9.17, 15) is 0 Å². The van der Waals surface area contributed by atoms with Crippen molar-refractivity contribution in [1.82, 2.24) is 4.90 Å². The first kappa shape index (κ1) is 12.2. The normalized spacial score (nSPS) is 30.1. The van der Waals surface area contributed by atoms with Gasteiger partial charge < -0.3 is 0 Å². The van der Waals surface area contributed by atoms with Gasteiger partial charge in [0.15, 0.2) is 0 Å². The Bertz CT molecular complexity index is 232. The first-order valence-corrected chi connectivity index (χ1v) is 7.27. The molecule has 1 fully saturated rings. The van der Waals surface area contributed by atoms with Crippen molar-refractivity contribution in [3.63, 3.8) is 0 Å². The van der Waals surface area contributed by atoms with E-state index in [1.807, 2.05) is 0 Å². The number of likely N-dealkylation sites (N-methyl/N-ethyl adjacent to an activating group) is 1. The molecule has 1 unspecified atom stereocenters. The zero-order chi connectivity index (χ0) is 11.2. The molecule has 0 aromatic heterocycles. The predicted molar refractivity (Wildman–Crippen MR) is 70.7 cm³/mol. The zero-order valence-corrected chi connectivity index (χ0v) is 10.9. The van der Waals surface area contributed by atoms with E-state index in [2.05, 4.69) is 18.0 Å². The highest BCUT2D eigenvalue weighted by Gasteiger charge is 2.28. The number of hydrogen-bond acceptors (Lipinski definition) is 1. The minimum atomic E-state index is 0.806. The molecule has 0 bridgehead atoms. The van der Waals surface area contributed by atoms with E-state index in [1.165, 1.54) is 70.8 Å². The Morgan fingerprint density at radius 1 is 0.938 bits per heavy atom. The number of nitrogens with zero attached hydrogens (tertiary/aromatic N) is 1. The summed E-state index contributed by atoms with van der Waals surface area (Å²) in [4.78, 5) is 2.52. The van der Waals surface area contributed by atoms with Gasteiger partial charge in [-0.05, 0) is 31.9 Å². The van der Waals surface area contributed by atoms with Gasteiger partial charge in [-0.15, -0.1) is 0 Å². The monoisotopic (exact) mass is 221 g/mol. The Morgan fingerprint density at radius 3 is 2.25 bits per heavy atom. The molecule has 0 spiro atoms. The van der Waals surface area contributed by atoms with Crippen molar-refractivity contribution in [2.75, 3.05) is 13.6 Å². The molecule has 0 aromatic rings. The standard InChI is InChI=1S/C15H27N/c1-16-13-14-11-9-7-5-3-2-4-6-8-10-12-15(14)16/h11,15H,2-10,12-13H2,1H3.